The summed E-state index contributed by atoms with van der Waals surface area (Å²) >= 11 is 2.02. The number of nitrogens with zero attached hydrogens (tertiary/aromatic N) is 2. The maximum Gasteiger partial charge on any atom is 0.306 e. The molecule has 11 nitrogen and oxygen atoms in total. The van der Waals surface area contributed by atoms with E-state index in [1.807, 2.05) is 22.6 Å². The highest BCUT2D eigenvalue weighted by Gasteiger charge is 2.59. The second-order valence-corrected chi connectivity index (χ2v) is 21.0. The maximum absolute atomic E-state index is 14.7. The summed E-state index contributed by atoms with van der Waals surface area (Å²) in [6.07, 6.45) is 18.5. The smallest absolute Gasteiger partial charge is 0.306 e. The fraction of sp³-hybridized carbons (Fsp3) is 0.620. The van der Waals surface area contributed by atoms with E-state index < -0.39 is 17.7 Å². The third-order valence-corrected chi connectivity index (χ3v) is 16.1. The number of carbonyl (C=O) groups is 4. The Balaban J connectivity index is 0.790. The number of pyridine rings is 1. The van der Waals surface area contributed by atoms with E-state index in [1.54, 1.807) is 34.9 Å². The first-order valence-corrected chi connectivity index (χ1v) is 24.4. The molecule has 2 heterocycles. The number of amides is 1. The Morgan fingerprint density at radius 2 is 1.73 bits per heavy atom. The molecule has 342 valence electrons. The van der Waals surface area contributed by atoms with Crippen molar-refractivity contribution in [1.29, 1.82) is 0 Å². The molecule has 0 aliphatic heterocycles. The molecule has 1 amide bonds. The standard InChI is InChI=1S/C50H66FIN4O7/c1-31(2)7-6-8-32(3)40-16-17-41-38-14-9-33-27-37(21-23-49(33,4)42(38)22-24-50(40,41)5)63-46(59)20-13-36(57)12-19-45(58)61-25-26-62-55-48(60)39-15-11-35-29-53-30-56(35)47(39)54-44-18-10-34(52)28-43(44)51/h9-11,15,18,28-32,37-38,40-42,54H,6-8,12-14,16-17,19-27H2,1-5H3,(H,55,60)/t32-,37+,38+,40-,41+,42+,49-,50-/m1/s1. The molecule has 4 aliphatic carbocycles. The van der Waals surface area contributed by atoms with E-state index in [0.717, 1.165) is 58.8 Å². The molecule has 0 radical (unpaired) electrons. The zero-order valence-electron chi connectivity index (χ0n) is 37.7. The fourth-order valence-electron chi connectivity index (χ4n) is 12.1. The van der Waals surface area contributed by atoms with Gasteiger partial charge in [0.05, 0.1) is 35.8 Å². The number of imidazole rings is 1. The van der Waals surface area contributed by atoms with E-state index in [-0.39, 0.29) is 79.2 Å². The van der Waals surface area contributed by atoms with Gasteiger partial charge in [0.2, 0.25) is 0 Å². The number of hydrogen-bond donors (Lipinski definition) is 2. The Labute approximate surface area is 385 Å². The number of esters is 2. The van der Waals surface area contributed by atoms with Crippen molar-refractivity contribution in [2.24, 2.45) is 46.3 Å². The lowest BCUT2D eigenvalue weighted by atomic mass is 9.47. The minimum absolute atomic E-state index is 0.00750. The number of halogens is 2. The molecular weight excluding hydrogens is 914 g/mol. The van der Waals surface area contributed by atoms with Gasteiger partial charge in [-0.15, -0.1) is 0 Å². The minimum Gasteiger partial charge on any atom is -0.463 e. The van der Waals surface area contributed by atoms with Gasteiger partial charge in [-0.3, -0.25) is 28.4 Å². The van der Waals surface area contributed by atoms with Crippen LogP contribution in [0.4, 0.5) is 15.9 Å². The lowest BCUT2D eigenvalue weighted by Gasteiger charge is -2.58. The molecule has 2 N–H and O–H groups in total. The first-order valence-electron chi connectivity index (χ1n) is 23.3. The molecule has 63 heavy (non-hydrogen) atoms. The molecule has 3 fully saturated rings. The van der Waals surface area contributed by atoms with Gasteiger partial charge in [-0.2, -0.15) is 0 Å². The lowest BCUT2D eigenvalue weighted by Crippen LogP contribution is -2.51. The SMILES string of the molecule is CC(C)CCC[C@@H](C)[C@H]1CC[C@H]2[C@@H]3CC=C4C[C@@H](OC(=O)CCC(=O)CCC(=O)OCCONC(=O)c5ccc6cncn6c5Nc5ccc(I)cc5F)CC[C@@]4(C)[C@H]3CC[C@]12C. The van der Waals surface area contributed by atoms with Crippen LogP contribution in [0, 0.1) is 55.7 Å². The van der Waals surface area contributed by atoms with Crippen LogP contribution in [0.2, 0.25) is 0 Å². The molecule has 1 aromatic carbocycles. The zero-order chi connectivity index (χ0) is 44.9. The summed E-state index contributed by atoms with van der Waals surface area (Å²) in [5.41, 5.74) is 5.46. The molecule has 8 atom stereocenters. The quantitative estimate of drug-likeness (QED) is 0.0395. The molecule has 2 aromatic heterocycles. The number of fused-ring (bicyclic) bond motifs is 6. The van der Waals surface area contributed by atoms with Crippen LogP contribution in [0.1, 0.15) is 141 Å². The molecule has 0 saturated heterocycles. The number of hydroxylamine groups is 1. The molecule has 0 unspecified atom stereocenters. The molecular formula is C50H66FIN4O7. The van der Waals surface area contributed by atoms with E-state index in [0.29, 0.717) is 16.8 Å². The van der Waals surface area contributed by atoms with Crippen molar-refractivity contribution >= 4 is 63.2 Å². The maximum atomic E-state index is 14.7. The minimum atomic E-state index is -0.609. The monoisotopic (exact) mass is 980 g/mol. The van der Waals surface area contributed by atoms with Crippen molar-refractivity contribution in [2.75, 3.05) is 18.5 Å². The van der Waals surface area contributed by atoms with Crippen LogP contribution in [-0.4, -0.2) is 52.3 Å². The van der Waals surface area contributed by atoms with Gasteiger partial charge in [0.1, 0.15) is 43.1 Å². The third kappa shape index (κ3) is 10.8. The summed E-state index contributed by atoms with van der Waals surface area (Å²) in [6.45, 7) is 12.0. The summed E-state index contributed by atoms with van der Waals surface area (Å²) in [5.74, 6) is 2.71. The Bertz CT molecular complexity index is 2170. The van der Waals surface area contributed by atoms with Crippen LogP contribution < -0.4 is 10.8 Å². The number of anilines is 2. The number of aromatic nitrogens is 2. The molecule has 0 spiro atoms. The average molecular weight is 981 g/mol. The Morgan fingerprint density at radius 3 is 2.51 bits per heavy atom. The normalized spacial score (nSPS) is 26.9. The van der Waals surface area contributed by atoms with Crippen LogP contribution in [0.15, 0.2) is 54.5 Å². The number of carbonyl (C=O) groups excluding carboxylic acids is 4. The zero-order valence-corrected chi connectivity index (χ0v) is 39.8. The predicted molar refractivity (Wildman–Crippen MR) is 248 cm³/mol. The Hall–Kier alpha value is -3.85. The first-order chi connectivity index (χ1) is 30.2. The lowest BCUT2D eigenvalue weighted by molar-refractivity contribution is -0.152. The average Bonchev–Trinajstić information content (AvgIpc) is 3.88. The Morgan fingerprint density at radius 1 is 0.937 bits per heavy atom. The highest BCUT2D eigenvalue weighted by molar-refractivity contribution is 14.1. The van der Waals surface area contributed by atoms with Crippen molar-refractivity contribution < 1.29 is 37.9 Å². The number of ether oxygens (including phenoxy) is 2. The summed E-state index contributed by atoms with van der Waals surface area (Å²) in [4.78, 5) is 60.4. The number of benzene rings is 1. The van der Waals surface area contributed by atoms with Crippen LogP contribution in [0.5, 0.6) is 0 Å². The fourth-order valence-corrected chi connectivity index (χ4v) is 12.5. The van der Waals surface area contributed by atoms with Gasteiger partial charge in [0.25, 0.3) is 5.91 Å². The molecule has 3 aromatic rings. The molecule has 3 saturated carbocycles. The topological polar surface area (TPSA) is 137 Å². The number of ketones is 1. The van der Waals surface area contributed by atoms with E-state index >= 15 is 0 Å². The van der Waals surface area contributed by atoms with Crippen molar-refractivity contribution in [3.05, 3.63) is 69.5 Å². The Kier molecular flexibility index (Phi) is 15.4. The van der Waals surface area contributed by atoms with Crippen molar-refractivity contribution in [3.63, 3.8) is 0 Å². The predicted octanol–water partition coefficient (Wildman–Crippen LogP) is 11.1. The van der Waals surface area contributed by atoms with Gasteiger partial charge in [-0.05, 0) is 144 Å². The number of nitrogens with one attached hydrogen (secondary N) is 2. The molecule has 0 bridgehead atoms. The van der Waals surface area contributed by atoms with Crippen LogP contribution >= 0.6 is 22.6 Å². The summed E-state index contributed by atoms with van der Waals surface area (Å²) in [5, 5.41) is 2.99. The summed E-state index contributed by atoms with van der Waals surface area (Å²) in [6, 6.07) is 7.96. The number of rotatable bonds is 19. The first kappa shape index (κ1) is 47.1. The van der Waals surface area contributed by atoms with E-state index in [4.69, 9.17) is 14.3 Å². The number of Topliss-reactive ketones (excluding diaryl/α,β-unsaturated/α-hetero) is 1. The van der Waals surface area contributed by atoms with Crippen LogP contribution in [-0.2, 0) is 28.7 Å². The van der Waals surface area contributed by atoms with Crippen molar-refractivity contribution in [2.45, 2.75) is 137 Å². The van der Waals surface area contributed by atoms with Crippen LogP contribution in [0.3, 0.4) is 0 Å². The number of hydrogen-bond acceptors (Lipinski definition) is 9. The van der Waals surface area contributed by atoms with Crippen molar-refractivity contribution in [1.82, 2.24) is 14.9 Å². The molecule has 4 aliphatic rings. The second kappa shape index (κ2) is 20.5. The van der Waals surface area contributed by atoms with Gasteiger partial charge in [0, 0.05) is 22.8 Å². The largest absolute Gasteiger partial charge is 0.463 e. The number of allylic oxidation sites excluding steroid dienone is 1. The highest BCUT2D eigenvalue weighted by atomic mass is 127. The van der Waals surface area contributed by atoms with Crippen LogP contribution in [0.25, 0.3) is 5.52 Å². The van der Waals surface area contributed by atoms with Gasteiger partial charge >= 0.3 is 11.9 Å². The molecule has 7 rings (SSSR count). The van der Waals surface area contributed by atoms with Gasteiger partial charge < -0.3 is 14.8 Å². The highest BCUT2D eigenvalue weighted by Crippen LogP contribution is 2.67. The van der Waals surface area contributed by atoms with Gasteiger partial charge in [0.15, 0.2) is 0 Å². The summed E-state index contributed by atoms with van der Waals surface area (Å²) in [7, 11) is 0. The summed E-state index contributed by atoms with van der Waals surface area (Å²) < 4.78 is 28.2. The second-order valence-electron chi connectivity index (χ2n) is 19.7. The van der Waals surface area contributed by atoms with E-state index in [2.05, 4.69) is 56.5 Å². The van der Waals surface area contributed by atoms with Gasteiger partial charge in [-0.25, -0.2) is 14.9 Å². The van der Waals surface area contributed by atoms with E-state index in [9.17, 15) is 23.6 Å². The molecule has 13 heteroatoms. The van der Waals surface area contributed by atoms with Gasteiger partial charge in [-0.1, -0.05) is 65.5 Å². The van der Waals surface area contributed by atoms with Crippen molar-refractivity contribution in [3.8, 4) is 0 Å². The van der Waals surface area contributed by atoms with E-state index in [1.165, 1.54) is 62.9 Å². The third-order valence-electron chi connectivity index (χ3n) is 15.4.